The normalized spacial score (nSPS) is 24.6. The van der Waals surface area contributed by atoms with Crippen molar-refractivity contribution in [1.82, 2.24) is 15.1 Å². The molecule has 3 heteroatoms. The van der Waals surface area contributed by atoms with E-state index >= 15 is 0 Å². The van der Waals surface area contributed by atoms with E-state index in [0.717, 1.165) is 12.6 Å². The predicted molar refractivity (Wildman–Crippen MR) is 91.8 cm³/mol. The number of rotatable bonds is 7. The lowest BCUT2D eigenvalue weighted by molar-refractivity contribution is 0.0647. The maximum atomic E-state index is 3.65. The summed E-state index contributed by atoms with van der Waals surface area (Å²) in [6.45, 7) is 12.0. The molecule has 0 aromatic heterocycles. The van der Waals surface area contributed by atoms with Crippen molar-refractivity contribution in [1.29, 1.82) is 0 Å². The van der Waals surface area contributed by atoms with Gasteiger partial charge in [0.1, 0.15) is 0 Å². The Hall–Kier alpha value is -0.120. The summed E-state index contributed by atoms with van der Waals surface area (Å²) in [5, 5.41) is 3.65. The second-order valence-electron chi connectivity index (χ2n) is 7.42. The zero-order chi connectivity index (χ0) is 15.1. The molecule has 2 aliphatic rings. The minimum atomic E-state index is 0.547. The van der Waals surface area contributed by atoms with Crippen LogP contribution in [0.25, 0.3) is 0 Å². The van der Waals surface area contributed by atoms with Gasteiger partial charge in [-0.15, -0.1) is 0 Å². The van der Waals surface area contributed by atoms with E-state index in [4.69, 9.17) is 0 Å². The Morgan fingerprint density at radius 2 is 1.76 bits per heavy atom. The summed E-state index contributed by atoms with van der Waals surface area (Å²) in [7, 11) is 2.38. The van der Waals surface area contributed by atoms with Gasteiger partial charge in [-0.2, -0.15) is 0 Å². The molecule has 1 aliphatic carbocycles. The summed E-state index contributed by atoms with van der Waals surface area (Å²) in [5.41, 5.74) is 0.547. The summed E-state index contributed by atoms with van der Waals surface area (Å²) in [6.07, 6.45) is 9.91. The fourth-order valence-electron chi connectivity index (χ4n) is 4.42. The highest BCUT2D eigenvalue weighted by Crippen LogP contribution is 2.37. The van der Waals surface area contributed by atoms with Gasteiger partial charge in [-0.1, -0.05) is 33.1 Å². The lowest BCUT2D eigenvalue weighted by atomic mass is 9.73. The van der Waals surface area contributed by atoms with Crippen molar-refractivity contribution in [2.45, 2.75) is 64.8 Å². The van der Waals surface area contributed by atoms with Crippen LogP contribution in [0.4, 0.5) is 0 Å². The number of nitrogens with one attached hydrogen (secondary N) is 1. The van der Waals surface area contributed by atoms with Crippen molar-refractivity contribution in [2.75, 3.05) is 46.3 Å². The Kier molecular flexibility index (Phi) is 6.97. The largest absolute Gasteiger partial charge is 0.316 e. The molecule has 1 aliphatic heterocycles. The molecule has 2 rings (SSSR count). The summed E-state index contributed by atoms with van der Waals surface area (Å²) in [5.74, 6) is 0. The van der Waals surface area contributed by atoms with Crippen LogP contribution < -0.4 is 5.32 Å². The molecule has 0 amide bonds. The van der Waals surface area contributed by atoms with Crippen molar-refractivity contribution >= 4 is 0 Å². The van der Waals surface area contributed by atoms with Crippen molar-refractivity contribution in [3.8, 4) is 0 Å². The number of likely N-dealkylation sites (tertiary alicyclic amines) is 1. The third kappa shape index (κ3) is 4.94. The monoisotopic (exact) mass is 295 g/mol. The zero-order valence-corrected chi connectivity index (χ0v) is 14.7. The smallest absolute Gasteiger partial charge is 0.0117 e. The predicted octanol–water partition coefficient (Wildman–Crippen LogP) is 2.96. The van der Waals surface area contributed by atoms with Gasteiger partial charge in [-0.25, -0.2) is 0 Å². The second kappa shape index (κ2) is 8.50. The van der Waals surface area contributed by atoms with Gasteiger partial charge in [-0.05, 0) is 64.3 Å². The maximum Gasteiger partial charge on any atom is 0.0117 e. The quantitative estimate of drug-likeness (QED) is 0.779. The van der Waals surface area contributed by atoms with Gasteiger partial charge in [0.25, 0.3) is 0 Å². The zero-order valence-electron chi connectivity index (χ0n) is 14.7. The minimum Gasteiger partial charge on any atom is -0.316 e. The molecule has 0 aromatic carbocycles. The molecule has 1 heterocycles. The van der Waals surface area contributed by atoms with Gasteiger partial charge in [-0.3, -0.25) is 0 Å². The van der Waals surface area contributed by atoms with Crippen LogP contribution in [0, 0.1) is 5.41 Å². The number of hydrogen-bond donors (Lipinski definition) is 1. The van der Waals surface area contributed by atoms with Crippen molar-refractivity contribution in [3.63, 3.8) is 0 Å². The third-order valence-electron chi connectivity index (χ3n) is 5.88. The van der Waals surface area contributed by atoms with Crippen LogP contribution in [0.2, 0.25) is 0 Å². The first-order valence-electron chi connectivity index (χ1n) is 9.32. The Balaban J connectivity index is 1.87. The van der Waals surface area contributed by atoms with Gasteiger partial charge in [0, 0.05) is 19.1 Å². The van der Waals surface area contributed by atoms with E-state index in [-0.39, 0.29) is 0 Å². The molecular formula is C18H37N3. The Bertz CT molecular complexity index is 278. The molecule has 21 heavy (non-hydrogen) atoms. The second-order valence-corrected chi connectivity index (χ2v) is 7.42. The molecule has 0 spiro atoms. The number of nitrogens with zero attached hydrogens (tertiary/aromatic N) is 2. The fraction of sp³-hybridized carbons (Fsp3) is 1.00. The molecular weight excluding hydrogens is 258 g/mol. The van der Waals surface area contributed by atoms with E-state index in [1.54, 1.807) is 0 Å². The summed E-state index contributed by atoms with van der Waals surface area (Å²) >= 11 is 0. The van der Waals surface area contributed by atoms with Crippen LogP contribution >= 0.6 is 0 Å². The topological polar surface area (TPSA) is 18.5 Å². The third-order valence-corrected chi connectivity index (χ3v) is 5.88. The SMILES string of the molecule is CCNCC1(CN(C)C2CCN(CC)CC2)CCCCC1. The van der Waals surface area contributed by atoms with Gasteiger partial charge < -0.3 is 15.1 Å². The van der Waals surface area contributed by atoms with E-state index in [9.17, 15) is 0 Å². The molecule has 0 bridgehead atoms. The molecule has 0 radical (unpaired) electrons. The highest BCUT2D eigenvalue weighted by Gasteiger charge is 2.34. The van der Waals surface area contributed by atoms with Gasteiger partial charge in [0.05, 0.1) is 0 Å². The summed E-state index contributed by atoms with van der Waals surface area (Å²) < 4.78 is 0. The lowest BCUT2D eigenvalue weighted by Gasteiger charge is -2.44. The highest BCUT2D eigenvalue weighted by molar-refractivity contribution is 4.89. The number of piperidine rings is 1. The van der Waals surface area contributed by atoms with E-state index in [2.05, 4.69) is 36.0 Å². The first-order chi connectivity index (χ1) is 10.2. The van der Waals surface area contributed by atoms with Crippen molar-refractivity contribution in [3.05, 3.63) is 0 Å². The summed E-state index contributed by atoms with van der Waals surface area (Å²) in [4.78, 5) is 5.30. The van der Waals surface area contributed by atoms with Gasteiger partial charge in [0.15, 0.2) is 0 Å². The van der Waals surface area contributed by atoms with E-state index < -0.39 is 0 Å². The van der Waals surface area contributed by atoms with Crippen LogP contribution in [0.3, 0.4) is 0 Å². The Labute approximate surface area is 132 Å². The standard InChI is InChI=1S/C18H37N3/c1-4-19-15-18(11-7-6-8-12-18)16-20(3)17-9-13-21(5-2)14-10-17/h17,19H,4-16H2,1-3H3. The average molecular weight is 296 g/mol. The molecule has 1 saturated carbocycles. The maximum absolute atomic E-state index is 3.65. The van der Waals surface area contributed by atoms with Crippen LogP contribution in [-0.2, 0) is 0 Å². The molecule has 1 saturated heterocycles. The molecule has 0 aromatic rings. The molecule has 2 fully saturated rings. The molecule has 124 valence electrons. The first kappa shape index (κ1) is 17.2. The number of hydrogen-bond acceptors (Lipinski definition) is 3. The fourth-order valence-corrected chi connectivity index (χ4v) is 4.42. The van der Waals surface area contributed by atoms with E-state index in [0.29, 0.717) is 5.41 Å². The van der Waals surface area contributed by atoms with Crippen LogP contribution in [0.5, 0.6) is 0 Å². The van der Waals surface area contributed by atoms with E-state index in [1.165, 1.54) is 77.7 Å². The van der Waals surface area contributed by atoms with Gasteiger partial charge >= 0.3 is 0 Å². The van der Waals surface area contributed by atoms with Gasteiger partial charge in [0.2, 0.25) is 0 Å². The molecule has 0 unspecified atom stereocenters. The van der Waals surface area contributed by atoms with E-state index in [1.807, 2.05) is 0 Å². The first-order valence-corrected chi connectivity index (χ1v) is 9.32. The van der Waals surface area contributed by atoms with Crippen molar-refractivity contribution in [2.24, 2.45) is 5.41 Å². The molecule has 0 atom stereocenters. The van der Waals surface area contributed by atoms with Crippen LogP contribution in [0.15, 0.2) is 0 Å². The Morgan fingerprint density at radius 1 is 1.10 bits per heavy atom. The lowest BCUT2D eigenvalue weighted by Crippen LogP contribution is -2.50. The molecule has 1 N–H and O–H groups in total. The minimum absolute atomic E-state index is 0.547. The highest BCUT2D eigenvalue weighted by atomic mass is 15.2. The molecule has 3 nitrogen and oxygen atoms in total. The van der Waals surface area contributed by atoms with Crippen molar-refractivity contribution < 1.29 is 0 Å². The summed E-state index contributed by atoms with van der Waals surface area (Å²) in [6, 6.07) is 0.813. The Morgan fingerprint density at radius 3 is 2.33 bits per heavy atom. The average Bonchev–Trinajstić information content (AvgIpc) is 2.54. The van der Waals surface area contributed by atoms with Crippen LogP contribution in [0.1, 0.15) is 58.8 Å². The van der Waals surface area contributed by atoms with Crippen LogP contribution in [-0.4, -0.2) is 62.2 Å².